The van der Waals surface area contributed by atoms with Gasteiger partial charge in [-0.05, 0) is 37.0 Å². The van der Waals surface area contributed by atoms with E-state index in [1.165, 1.54) is 23.0 Å². The van der Waals surface area contributed by atoms with Crippen LogP contribution >= 0.6 is 11.3 Å². The molecule has 0 atom stereocenters. The number of nitrogens with zero attached hydrogens (tertiary/aromatic N) is 3. The first-order chi connectivity index (χ1) is 12.6. The maximum Gasteiger partial charge on any atom is 0.229 e. The molecule has 1 aromatic heterocycles. The van der Waals surface area contributed by atoms with E-state index in [1.807, 2.05) is 11.0 Å². The van der Waals surface area contributed by atoms with Crippen molar-refractivity contribution < 1.29 is 14.3 Å². The van der Waals surface area contributed by atoms with Crippen LogP contribution in [0.5, 0.6) is 0 Å². The second-order valence-corrected chi connectivity index (χ2v) is 8.08. The number of aromatic nitrogens is 1. The average molecular weight is 375 g/mol. The van der Waals surface area contributed by atoms with Crippen molar-refractivity contribution in [3.05, 3.63) is 45.7 Å². The summed E-state index contributed by atoms with van der Waals surface area (Å²) in [6, 6.07) is 5.42. The van der Waals surface area contributed by atoms with Crippen LogP contribution in [0.1, 0.15) is 28.3 Å². The molecule has 26 heavy (non-hydrogen) atoms. The van der Waals surface area contributed by atoms with E-state index in [4.69, 9.17) is 5.11 Å². The molecule has 0 aliphatic carbocycles. The molecule has 2 aliphatic heterocycles. The summed E-state index contributed by atoms with van der Waals surface area (Å²) in [5.41, 5.74) is 2.24. The van der Waals surface area contributed by atoms with Crippen molar-refractivity contribution in [3.63, 3.8) is 0 Å². The number of thiazole rings is 1. The number of rotatable bonds is 4. The lowest BCUT2D eigenvalue weighted by atomic mass is 10.0. The number of carbonyl (C=O) groups is 1. The van der Waals surface area contributed by atoms with Crippen molar-refractivity contribution in [2.45, 2.75) is 38.3 Å². The van der Waals surface area contributed by atoms with Gasteiger partial charge in [0, 0.05) is 37.6 Å². The van der Waals surface area contributed by atoms with Crippen molar-refractivity contribution in [1.82, 2.24) is 9.88 Å². The minimum absolute atomic E-state index is 0.0326. The summed E-state index contributed by atoms with van der Waals surface area (Å²) in [6.07, 6.45) is 4.70. The van der Waals surface area contributed by atoms with Gasteiger partial charge in [0.25, 0.3) is 0 Å². The minimum atomic E-state index is -0.186. The quantitative estimate of drug-likeness (QED) is 0.891. The Labute approximate surface area is 156 Å². The molecular weight excluding hydrogens is 353 g/mol. The molecule has 1 aromatic carbocycles. The number of amides is 1. The largest absolute Gasteiger partial charge is 0.391 e. The lowest BCUT2D eigenvalue weighted by Crippen LogP contribution is -2.46. The fourth-order valence-electron chi connectivity index (χ4n) is 3.93. The van der Waals surface area contributed by atoms with E-state index in [9.17, 15) is 9.18 Å². The molecular formula is C19H22FN3O2S. The van der Waals surface area contributed by atoms with Crippen LogP contribution in [-0.4, -0.2) is 46.6 Å². The first kappa shape index (κ1) is 17.4. The second-order valence-electron chi connectivity index (χ2n) is 6.88. The minimum Gasteiger partial charge on any atom is -0.391 e. The zero-order valence-corrected chi connectivity index (χ0v) is 15.3. The maximum atomic E-state index is 13.6. The zero-order valence-electron chi connectivity index (χ0n) is 14.5. The van der Waals surface area contributed by atoms with Crippen LogP contribution in [0.4, 0.5) is 10.1 Å². The van der Waals surface area contributed by atoms with E-state index >= 15 is 0 Å². The summed E-state index contributed by atoms with van der Waals surface area (Å²) in [5, 5.41) is 9.86. The van der Waals surface area contributed by atoms with Crippen LogP contribution in [-0.2, 0) is 24.2 Å². The number of benzene rings is 1. The Hall–Kier alpha value is -1.99. The molecule has 1 amide bonds. The first-order valence-corrected chi connectivity index (χ1v) is 9.83. The molecule has 4 rings (SSSR count). The van der Waals surface area contributed by atoms with Gasteiger partial charge in [0.15, 0.2) is 0 Å². The Bertz CT molecular complexity index is 802. The van der Waals surface area contributed by atoms with E-state index in [0.29, 0.717) is 12.5 Å². The molecule has 0 unspecified atom stereocenters. The first-order valence-electron chi connectivity index (χ1n) is 9.01. The number of aliphatic hydroxyl groups excluding tert-OH is 1. The molecule has 2 aliphatic rings. The average Bonchev–Trinajstić information content (AvgIpc) is 3.28. The molecule has 1 N–H and O–H groups in total. The monoisotopic (exact) mass is 375 g/mol. The van der Waals surface area contributed by atoms with E-state index in [-0.39, 0.29) is 18.3 Å². The third kappa shape index (κ3) is 3.46. The predicted octanol–water partition coefficient (Wildman–Crippen LogP) is 2.37. The highest BCUT2D eigenvalue weighted by Gasteiger charge is 2.31. The Morgan fingerprint density at radius 2 is 2.12 bits per heavy atom. The fraction of sp³-hybridized carbons (Fsp3) is 0.474. The van der Waals surface area contributed by atoms with Crippen LogP contribution in [0.2, 0.25) is 0 Å². The number of carbonyl (C=O) groups excluding carboxylic acids is 1. The van der Waals surface area contributed by atoms with Gasteiger partial charge >= 0.3 is 0 Å². The molecule has 3 heterocycles. The van der Waals surface area contributed by atoms with Crippen LogP contribution in [0.25, 0.3) is 0 Å². The lowest BCUT2D eigenvalue weighted by molar-refractivity contribution is -0.131. The molecule has 138 valence electrons. The summed E-state index contributed by atoms with van der Waals surface area (Å²) in [6.45, 7) is 2.35. The SMILES string of the molecule is O=C(Cc1ncc(CO)s1)N1CCC(N2CCc3ccc(F)cc32)CC1. The van der Waals surface area contributed by atoms with Crippen LogP contribution in [0, 0.1) is 5.82 Å². The Morgan fingerprint density at radius 3 is 2.85 bits per heavy atom. The number of hydrogen-bond acceptors (Lipinski definition) is 5. The van der Waals surface area contributed by atoms with Gasteiger partial charge in [-0.15, -0.1) is 11.3 Å². The van der Waals surface area contributed by atoms with Crippen molar-refractivity contribution in [2.75, 3.05) is 24.5 Å². The van der Waals surface area contributed by atoms with Crippen LogP contribution in [0.15, 0.2) is 24.4 Å². The zero-order chi connectivity index (χ0) is 18.1. The summed E-state index contributed by atoms with van der Waals surface area (Å²) in [5.74, 6) is -0.0934. The van der Waals surface area contributed by atoms with Crippen molar-refractivity contribution in [1.29, 1.82) is 0 Å². The van der Waals surface area contributed by atoms with E-state index in [2.05, 4.69) is 9.88 Å². The Morgan fingerprint density at radius 1 is 1.31 bits per heavy atom. The number of fused-ring (bicyclic) bond motifs is 1. The lowest BCUT2D eigenvalue weighted by Gasteiger charge is -2.38. The Kier molecular flexibility index (Phi) is 4.91. The molecule has 0 radical (unpaired) electrons. The highest BCUT2D eigenvalue weighted by atomic mass is 32.1. The van der Waals surface area contributed by atoms with Gasteiger partial charge in [0.05, 0.1) is 17.9 Å². The van der Waals surface area contributed by atoms with Gasteiger partial charge in [-0.2, -0.15) is 0 Å². The van der Waals surface area contributed by atoms with Crippen LogP contribution in [0.3, 0.4) is 0 Å². The van der Waals surface area contributed by atoms with Crippen molar-refractivity contribution >= 4 is 22.9 Å². The molecule has 0 saturated carbocycles. The molecule has 7 heteroatoms. The summed E-state index contributed by atoms with van der Waals surface area (Å²) in [4.78, 5) is 21.7. The topological polar surface area (TPSA) is 56.7 Å². The highest BCUT2D eigenvalue weighted by molar-refractivity contribution is 7.11. The molecule has 2 aromatic rings. The molecule has 1 fully saturated rings. The van der Waals surface area contributed by atoms with Gasteiger partial charge in [-0.1, -0.05) is 6.07 Å². The molecule has 0 spiro atoms. The fourth-order valence-corrected chi connectivity index (χ4v) is 4.70. The maximum absolute atomic E-state index is 13.6. The third-order valence-corrected chi connectivity index (χ3v) is 6.28. The van der Waals surface area contributed by atoms with Gasteiger partial charge in [0.2, 0.25) is 5.91 Å². The standard InChI is InChI=1S/C19H22FN3O2S/c20-14-2-1-13-3-8-23(17(13)9-14)15-4-6-22(7-5-15)19(25)10-18-21-11-16(12-24)26-18/h1-2,9,11,15,24H,3-8,10,12H2. The second kappa shape index (κ2) is 7.32. The summed E-state index contributed by atoms with van der Waals surface area (Å²) in [7, 11) is 0. The molecule has 1 saturated heterocycles. The van der Waals surface area contributed by atoms with Gasteiger partial charge in [-0.25, -0.2) is 9.37 Å². The number of likely N-dealkylation sites (tertiary alicyclic amines) is 1. The molecule has 5 nitrogen and oxygen atoms in total. The normalized spacial score (nSPS) is 17.6. The predicted molar refractivity (Wildman–Crippen MR) is 98.8 cm³/mol. The van der Waals surface area contributed by atoms with E-state index in [1.54, 1.807) is 12.3 Å². The number of anilines is 1. The molecule has 0 bridgehead atoms. The highest BCUT2D eigenvalue weighted by Crippen LogP contribution is 2.33. The number of aliphatic hydroxyl groups is 1. The van der Waals surface area contributed by atoms with Crippen molar-refractivity contribution in [3.8, 4) is 0 Å². The Balaban J connectivity index is 1.34. The van der Waals surface area contributed by atoms with Gasteiger partial charge in [-0.3, -0.25) is 4.79 Å². The van der Waals surface area contributed by atoms with E-state index in [0.717, 1.165) is 54.5 Å². The van der Waals surface area contributed by atoms with Gasteiger partial charge < -0.3 is 14.9 Å². The third-order valence-electron chi connectivity index (χ3n) is 5.30. The van der Waals surface area contributed by atoms with Crippen molar-refractivity contribution in [2.24, 2.45) is 0 Å². The number of hydrogen-bond donors (Lipinski definition) is 1. The summed E-state index contributed by atoms with van der Waals surface area (Å²) < 4.78 is 13.6. The number of piperidine rings is 1. The number of halogens is 1. The van der Waals surface area contributed by atoms with E-state index < -0.39 is 0 Å². The summed E-state index contributed by atoms with van der Waals surface area (Å²) >= 11 is 1.39. The van der Waals surface area contributed by atoms with Gasteiger partial charge in [0.1, 0.15) is 10.8 Å². The van der Waals surface area contributed by atoms with Crippen LogP contribution < -0.4 is 4.90 Å². The smallest absolute Gasteiger partial charge is 0.229 e.